The predicted molar refractivity (Wildman–Crippen MR) is 161 cm³/mol. The van der Waals surface area contributed by atoms with Gasteiger partial charge in [0, 0.05) is 22.5 Å². The second-order valence-corrected chi connectivity index (χ2v) is 10.3. The van der Waals surface area contributed by atoms with E-state index in [4.69, 9.17) is 0 Å². The summed E-state index contributed by atoms with van der Waals surface area (Å²) in [5.74, 6) is -0.230. The molecule has 5 aromatic rings. The molecule has 3 aromatic heterocycles. The molecular formula is C33H34FN5. The van der Waals surface area contributed by atoms with E-state index in [1.54, 1.807) is 18.3 Å². The van der Waals surface area contributed by atoms with Crippen LogP contribution in [0.3, 0.4) is 0 Å². The fraction of sp³-hybridized carbons (Fsp3) is 0.212. The second-order valence-electron chi connectivity index (χ2n) is 10.3. The molecule has 0 saturated carbocycles. The first-order chi connectivity index (χ1) is 18.9. The minimum absolute atomic E-state index is 0.230. The van der Waals surface area contributed by atoms with Crippen molar-refractivity contribution in [2.24, 2.45) is 0 Å². The smallest absolute Gasteiger partial charge is 0.124 e. The molecule has 5 nitrogen and oxygen atoms in total. The minimum Gasteiger partial charge on any atom is -0.352 e. The number of benzene rings is 2. The Morgan fingerprint density at radius 2 is 1.90 bits per heavy atom. The van der Waals surface area contributed by atoms with Crippen LogP contribution in [0, 0.1) is 5.82 Å². The van der Waals surface area contributed by atoms with Crippen LogP contribution in [0.5, 0.6) is 0 Å². The number of H-pyrrole nitrogens is 2. The Bertz CT molecular complexity index is 1720. The highest BCUT2D eigenvalue weighted by Crippen LogP contribution is 2.35. The van der Waals surface area contributed by atoms with Crippen molar-refractivity contribution in [1.29, 1.82) is 0 Å². The van der Waals surface area contributed by atoms with Gasteiger partial charge in [0.05, 0.1) is 22.9 Å². The first-order valence-corrected chi connectivity index (χ1v) is 13.2. The predicted octanol–water partition coefficient (Wildman–Crippen LogP) is 7.94. The lowest BCUT2D eigenvalue weighted by Gasteiger charge is -2.10. The zero-order valence-electron chi connectivity index (χ0n) is 23.0. The summed E-state index contributed by atoms with van der Waals surface area (Å²) in [5, 5.41) is 9.82. The van der Waals surface area contributed by atoms with Crippen molar-refractivity contribution in [2.45, 2.75) is 26.7 Å². The van der Waals surface area contributed by atoms with Crippen molar-refractivity contribution < 1.29 is 4.39 Å². The molecule has 0 aliphatic rings. The molecule has 39 heavy (non-hydrogen) atoms. The van der Waals surface area contributed by atoms with E-state index in [1.165, 1.54) is 0 Å². The Kier molecular flexibility index (Phi) is 7.57. The molecule has 0 atom stereocenters. The Morgan fingerprint density at radius 3 is 2.67 bits per heavy atom. The van der Waals surface area contributed by atoms with Crippen LogP contribution in [0.2, 0.25) is 0 Å². The first-order valence-electron chi connectivity index (χ1n) is 13.2. The summed E-state index contributed by atoms with van der Waals surface area (Å²) in [5.41, 5.74) is 9.59. The van der Waals surface area contributed by atoms with E-state index in [1.807, 2.05) is 26.1 Å². The summed E-state index contributed by atoms with van der Waals surface area (Å²) in [6.07, 6.45) is 11.5. The van der Waals surface area contributed by atoms with E-state index in [-0.39, 0.29) is 5.82 Å². The first kappa shape index (κ1) is 26.3. The number of pyridine rings is 1. The molecule has 198 valence electrons. The number of halogens is 1. The molecule has 0 fully saturated rings. The van der Waals surface area contributed by atoms with Crippen LogP contribution < -0.4 is 0 Å². The number of rotatable bonds is 9. The summed E-state index contributed by atoms with van der Waals surface area (Å²) < 4.78 is 14.7. The highest BCUT2D eigenvalue weighted by atomic mass is 19.1. The number of hydrogen-bond donors (Lipinski definition) is 2. The van der Waals surface area contributed by atoms with Gasteiger partial charge in [-0.2, -0.15) is 5.10 Å². The number of allylic oxidation sites excluding steroid dienone is 5. The molecule has 0 aliphatic carbocycles. The largest absolute Gasteiger partial charge is 0.352 e. The maximum atomic E-state index is 14.7. The third-order valence-electron chi connectivity index (χ3n) is 7.05. The van der Waals surface area contributed by atoms with E-state index >= 15 is 0 Å². The van der Waals surface area contributed by atoms with Crippen LogP contribution in [-0.2, 0) is 6.42 Å². The average Bonchev–Trinajstić information content (AvgIpc) is 3.54. The lowest BCUT2D eigenvalue weighted by atomic mass is 9.99. The standard InChI is InChI=1S/C33H34FN5/c1-6-21(3)13-23(7-2)24-10-11-30-28(17-24)33(38-37-30)31-18-27-29(19-35-20-32(27)36-31)25-14-22(15-26(34)16-25)9-8-12-39(4)5/h6-7,10-11,13-20,36H,1,8-9,12H2,2-5H3,(H,37,38)/b21-13-,23-7+. The lowest BCUT2D eigenvalue weighted by Crippen LogP contribution is -2.13. The molecule has 0 unspecified atom stereocenters. The molecule has 0 radical (unpaired) electrons. The Morgan fingerprint density at radius 1 is 1.05 bits per heavy atom. The number of aromatic nitrogens is 4. The SMILES string of the molecule is C=C/C(C)=C\C(=C/C)c1ccc2[nH]nc(-c3cc4c(-c5cc(F)cc(CCCN(C)C)c5)cncc4[nH]3)c2c1. The van der Waals surface area contributed by atoms with Crippen LogP contribution in [0.1, 0.15) is 31.4 Å². The van der Waals surface area contributed by atoms with Crippen molar-refractivity contribution >= 4 is 27.4 Å². The van der Waals surface area contributed by atoms with Gasteiger partial charge in [0.1, 0.15) is 11.5 Å². The summed E-state index contributed by atoms with van der Waals surface area (Å²) in [7, 11) is 4.10. The molecule has 0 bridgehead atoms. The quantitative estimate of drug-likeness (QED) is 0.194. The monoisotopic (exact) mass is 519 g/mol. The molecule has 0 spiro atoms. The fourth-order valence-corrected chi connectivity index (χ4v) is 4.99. The van der Waals surface area contributed by atoms with Gasteiger partial charge >= 0.3 is 0 Å². The molecular weight excluding hydrogens is 485 g/mol. The molecule has 5 rings (SSSR count). The zero-order chi connectivity index (χ0) is 27.5. The Balaban J connectivity index is 1.55. The Labute approximate surface area is 228 Å². The number of aromatic amines is 2. The molecule has 2 aromatic carbocycles. The van der Waals surface area contributed by atoms with Crippen LogP contribution in [0.25, 0.3) is 49.9 Å². The lowest BCUT2D eigenvalue weighted by molar-refractivity contribution is 0.400. The van der Waals surface area contributed by atoms with E-state index in [0.717, 1.165) is 86.0 Å². The molecule has 0 aliphatic heterocycles. The van der Waals surface area contributed by atoms with Gasteiger partial charge in [0.15, 0.2) is 0 Å². The maximum absolute atomic E-state index is 14.7. The van der Waals surface area contributed by atoms with Gasteiger partial charge in [0.2, 0.25) is 0 Å². The number of nitrogens with zero attached hydrogens (tertiary/aromatic N) is 3. The average molecular weight is 520 g/mol. The summed E-state index contributed by atoms with van der Waals surface area (Å²) in [4.78, 5) is 10.1. The number of hydrogen-bond acceptors (Lipinski definition) is 3. The van der Waals surface area contributed by atoms with Gasteiger partial charge in [-0.25, -0.2) is 4.39 Å². The van der Waals surface area contributed by atoms with Crippen LogP contribution in [-0.4, -0.2) is 45.7 Å². The van der Waals surface area contributed by atoms with Gasteiger partial charge in [-0.05, 0) is 99.9 Å². The molecule has 6 heteroatoms. The van der Waals surface area contributed by atoms with Crippen molar-refractivity contribution in [3.8, 4) is 22.5 Å². The van der Waals surface area contributed by atoms with Crippen LogP contribution in [0.4, 0.5) is 4.39 Å². The molecule has 3 heterocycles. The number of aryl methyl sites for hydroxylation is 1. The van der Waals surface area contributed by atoms with Crippen molar-refractivity contribution in [3.63, 3.8) is 0 Å². The van der Waals surface area contributed by atoms with Crippen molar-refractivity contribution in [2.75, 3.05) is 20.6 Å². The molecule has 0 saturated heterocycles. The maximum Gasteiger partial charge on any atom is 0.124 e. The van der Waals surface area contributed by atoms with Crippen molar-refractivity contribution in [1.82, 2.24) is 25.1 Å². The minimum atomic E-state index is -0.230. The molecule has 2 N–H and O–H groups in total. The second kappa shape index (κ2) is 11.2. The van der Waals surface area contributed by atoms with Gasteiger partial charge in [-0.1, -0.05) is 42.5 Å². The molecule has 0 amide bonds. The van der Waals surface area contributed by atoms with E-state index in [2.05, 4.69) is 88.2 Å². The Hall–Kier alpha value is -4.29. The number of fused-ring (bicyclic) bond motifs is 2. The van der Waals surface area contributed by atoms with E-state index in [0.29, 0.717) is 0 Å². The van der Waals surface area contributed by atoms with Crippen LogP contribution in [0.15, 0.2) is 85.2 Å². The van der Waals surface area contributed by atoms with Gasteiger partial charge in [0.25, 0.3) is 0 Å². The number of nitrogens with one attached hydrogen (secondary N) is 2. The summed E-state index contributed by atoms with van der Waals surface area (Å²) in [6.45, 7) is 8.91. The normalized spacial score (nSPS) is 12.7. The van der Waals surface area contributed by atoms with Gasteiger partial charge < -0.3 is 9.88 Å². The van der Waals surface area contributed by atoms with Crippen molar-refractivity contribution in [3.05, 3.63) is 102 Å². The van der Waals surface area contributed by atoms with Gasteiger partial charge in [-0.15, -0.1) is 0 Å². The third-order valence-corrected chi connectivity index (χ3v) is 7.05. The summed E-state index contributed by atoms with van der Waals surface area (Å²) >= 11 is 0. The van der Waals surface area contributed by atoms with Gasteiger partial charge in [-0.3, -0.25) is 10.1 Å². The third kappa shape index (κ3) is 5.61. The van der Waals surface area contributed by atoms with Crippen LogP contribution >= 0.6 is 0 Å². The zero-order valence-corrected chi connectivity index (χ0v) is 23.0. The highest BCUT2D eigenvalue weighted by Gasteiger charge is 2.15. The highest BCUT2D eigenvalue weighted by molar-refractivity contribution is 6.01. The fourth-order valence-electron chi connectivity index (χ4n) is 4.99. The van der Waals surface area contributed by atoms with E-state index < -0.39 is 0 Å². The van der Waals surface area contributed by atoms with E-state index in [9.17, 15) is 4.39 Å². The summed E-state index contributed by atoms with van der Waals surface area (Å²) in [6, 6.07) is 13.7. The topological polar surface area (TPSA) is 60.6 Å².